The highest BCUT2D eigenvalue weighted by atomic mass is 16.1. The van der Waals surface area contributed by atoms with Crippen LogP contribution in [0.25, 0.3) is 10.9 Å². The standard InChI is InChI=1S/C8H9N3O/c1-5-4-11(2)8(12)7-6(5)3-9-10-7/h3-4H,1-2H3,(H,9,10). The number of nitrogens with zero attached hydrogens (tertiary/aromatic N) is 2. The number of aromatic amines is 1. The van der Waals surface area contributed by atoms with Crippen molar-refractivity contribution in [3.8, 4) is 0 Å². The van der Waals surface area contributed by atoms with Gasteiger partial charge in [-0.1, -0.05) is 0 Å². The molecule has 0 saturated carbocycles. The van der Waals surface area contributed by atoms with Gasteiger partial charge in [0.1, 0.15) is 5.52 Å². The van der Waals surface area contributed by atoms with Crippen molar-refractivity contribution in [2.75, 3.05) is 0 Å². The summed E-state index contributed by atoms with van der Waals surface area (Å²) < 4.78 is 1.55. The van der Waals surface area contributed by atoms with Crippen LogP contribution in [0.5, 0.6) is 0 Å². The largest absolute Gasteiger partial charge is 0.316 e. The van der Waals surface area contributed by atoms with Crippen LogP contribution in [0.3, 0.4) is 0 Å². The van der Waals surface area contributed by atoms with Crippen molar-refractivity contribution in [1.82, 2.24) is 14.8 Å². The number of aromatic nitrogens is 3. The molecule has 1 N–H and O–H groups in total. The molecule has 0 amide bonds. The van der Waals surface area contributed by atoms with Crippen molar-refractivity contribution < 1.29 is 0 Å². The van der Waals surface area contributed by atoms with Crippen LogP contribution in [0.4, 0.5) is 0 Å². The van der Waals surface area contributed by atoms with Gasteiger partial charge < -0.3 is 4.57 Å². The van der Waals surface area contributed by atoms with E-state index in [0.717, 1.165) is 10.9 Å². The van der Waals surface area contributed by atoms with Gasteiger partial charge in [0, 0.05) is 18.6 Å². The fourth-order valence-corrected chi connectivity index (χ4v) is 1.34. The smallest absolute Gasteiger partial charge is 0.276 e. The molecule has 4 nitrogen and oxygen atoms in total. The van der Waals surface area contributed by atoms with Gasteiger partial charge in [-0.2, -0.15) is 5.10 Å². The first-order valence-electron chi connectivity index (χ1n) is 3.69. The molecule has 0 aliphatic heterocycles. The molecule has 0 aromatic carbocycles. The molecule has 0 radical (unpaired) electrons. The Morgan fingerprint density at radius 2 is 2.33 bits per heavy atom. The Morgan fingerprint density at radius 1 is 1.58 bits per heavy atom. The van der Waals surface area contributed by atoms with Crippen molar-refractivity contribution in [3.05, 3.63) is 28.3 Å². The Balaban J connectivity index is 3.07. The summed E-state index contributed by atoms with van der Waals surface area (Å²) in [5.41, 5.74) is 1.60. The number of aryl methyl sites for hydroxylation is 2. The molecule has 62 valence electrons. The summed E-state index contributed by atoms with van der Waals surface area (Å²) >= 11 is 0. The third-order valence-electron chi connectivity index (χ3n) is 1.99. The topological polar surface area (TPSA) is 50.7 Å². The molecule has 2 aromatic rings. The fraction of sp³-hybridized carbons (Fsp3) is 0.250. The van der Waals surface area contributed by atoms with Crippen LogP contribution in [0.2, 0.25) is 0 Å². The fourth-order valence-electron chi connectivity index (χ4n) is 1.34. The summed E-state index contributed by atoms with van der Waals surface area (Å²) in [6.45, 7) is 1.96. The lowest BCUT2D eigenvalue weighted by Crippen LogP contribution is -2.16. The second-order valence-electron chi connectivity index (χ2n) is 2.89. The maximum atomic E-state index is 11.4. The van der Waals surface area contributed by atoms with Crippen LogP contribution in [-0.2, 0) is 7.05 Å². The van der Waals surface area contributed by atoms with Crippen LogP contribution in [0.15, 0.2) is 17.2 Å². The first-order chi connectivity index (χ1) is 5.70. The van der Waals surface area contributed by atoms with Gasteiger partial charge >= 0.3 is 0 Å². The number of nitrogens with one attached hydrogen (secondary N) is 1. The SMILES string of the molecule is Cc1cn(C)c(=O)c2[nH]ncc12. The van der Waals surface area contributed by atoms with Gasteiger partial charge in [0.2, 0.25) is 0 Å². The number of fused-ring (bicyclic) bond motifs is 1. The Labute approximate surface area is 68.8 Å². The number of hydrogen-bond acceptors (Lipinski definition) is 2. The lowest BCUT2D eigenvalue weighted by Gasteiger charge is -1.99. The molecule has 2 aromatic heterocycles. The van der Waals surface area contributed by atoms with Crippen LogP contribution >= 0.6 is 0 Å². The van der Waals surface area contributed by atoms with Gasteiger partial charge in [0.15, 0.2) is 0 Å². The number of hydrogen-bond donors (Lipinski definition) is 1. The van der Waals surface area contributed by atoms with E-state index in [-0.39, 0.29) is 5.56 Å². The second kappa shape index (κ2) is 2.20. The van der Waals surface area contributed by atoms with E-state index in [4.69, 9.17) is 0 Å². The Hall–Kier alpha value is -1.58. The van der Waals surface area contributed by atoms with E-state index in [1.54, 1.807) is 24.0 Å². The Kier molecular flexibility index (Phi) is 1.30. The normalized spacial score (nSPS) is 10.8. The zero-order chi connectivity index (χ0) is 8.72. The molecule has 4 heteroatoms. The first kappa shape index (κ1) is 7.09. The van der Waals surface area contributed by atoms with Crippen molar-refractivity contribution in [2.45, 2.75) is 6.92 Å². The van der Waals surface area contributed by atoms with Gasteiger partial charge in [-0.15, -0.1) is 0 Å². The summed E-state index contributed by atoms with van der Waals surface area (Å²) in [4.78, 5) is 11.4. The minimum absolute atomic E-state index is 0.0342. The molecule has 0 saturated heterocycles. The Bertz CT molecular complexity index is 480. The molecule has 0 aliphatic rings. The molecule has 0 unspecified atom stereocenters. The van der Waals surface area contributed by atoms with Gasteiger partial charge in [-0.25, -0.2) is 0 Å². The van der Waals surface area contributed by atoms with Gasteiger partial charge in [0.05, 0.1) is 6.20 Å². The summed E-state index contributed by atoms with van der Waals surface area (Å²) in [7, 11) is 1.73. The zero-order valence-corrected chi connectivity index (χ0v) is 6.96. The van der Waals surface area contributed by atoms with Crippen molar-refractivity contribution >= 4 is 10.9 Å². The Morgan fingerprint density at radius 3 is 3.08 bits per heavy atom. The van der Waals surface area contributed by atoms with Crippen molar-refractivity contribution in [1.29, 1.82) is 0 Å². The molecule has 0 fully saturated rings. The van der Waals surface area contributed by atoms with Crippen LogP contribution in [0, 0.1) is 6.92 Å². The highest BCUT2D eigenvalue weighted by molar-refractivity contribution is 5.79. The number of pyridine rings is 1. The average Bonchev–Trinajstić information content (AvgIpc) is 2.48. The third kappa shape index (κ3) is 0.777. The highest BCUT2D eigenvalue weighted by Crippen LogP contribution is 2.09. The van der Waals surface area contributed by atoms with E-state index in [2.05, 4.69) is 10.2 Å². The van der Waals surface area contributed by atoms with E-state index in [0.29, 0.717) is 5.52 Å². The molecule has 12 heavy (non-hydrogen) atoms. The number of H-pyrrole nitrogens is 1. The lowest BCUT2D eigenvalue weighted by molar-refractivity contribution is 0.861. The third-order valence-corrected chi connectivity index (χ3v) is 1.99. The number of rotatable bonds is 0. The van der Waals surface area contributed by atoms with Crippen molar-refractivity contribution in [2.24, 2.45) is 7.05 Å². The molecule has 0 spiro atoms. The average molecular weight is 163 g/mol. The van der Waals surface area contributed by atoms with Crippen LogP contribution < -0.4 is 5.56 Å². The molecular formula is C8H9N3O. The van der Waals surface area contributed by atoms with Gasteiger partial charge in [0.25, 0.3) is 5.56 Å². The molecule has 2 heterocycles. The second-order valence-corrected chi connectivity index (χ2v) is 2.89. The monoisotopic (exact) mass is 163 g/mol. The van der Waals surface area contributed by atoms with Crippen LogP contribution in [-0.4, -0.2) is 14.8 Å². The predicted octanol–water partition coefficient (Wildman–Crippen LogP) is 0.570. The van der Waals surface area contributed by atoms with Crippen molar-refractivity contribution in [3.63, 3.8) is 0 Å². The van der Waals surface area contributed by atoms with E-state index in [1.807, 2.05) is 6.92 Å². The summed E-state index contributed by atoms with van der Waals surface area (Å²) in [6.07, 6.45) is 3.48. The van der Waals surface area contributed by atoms with Gasteiger partial charge in [-0.05, 0) is 12.5 Å². The molecular weight excluding hydrogens is 154 g/mol. The minimum Gasteiger partial charge on any atom is -0.316 e. The first-order valence-corrected chi connectivity index (χ1v) is 3.69. The summed E-state index contributed by atoms with van der Waals surface area (Å²) in [5, 5.41) is 7.41. The van der Waals surface area contributed by atoms with E-state index >= 15 is 0 Å². The minimum atomic E-state index is -0.0342. The molecule has 0 aliphatic carbocycles. The lowest BCUT2D eigenvalue weighted by atomic mass is 10.2. The van der Waals surface area contributed by atoms with Crippen LogP contribution in [0.1, 0.15) is 5.56 Å². The zero-order valence-electron chi connectivity index (χ0n) is 6.96. The quantitative estimate of drug-likeness (QED) is 0.617. The van der Waals surface area contributed by atoms with Gasteiger partial charge in [-0.3, -0.25) is 9.89 Å². The molecule has 0 bridgehead atoms. The maximum absolute atomic E-state index is 11.4. The summed E-state index contributed by atoms with van der Waals surface area (Å²) in [6, 6.07) is 0. The van der Waals surface area contributed by atoms with E-state index in [9.17, 15) is 4.79 Å². The molecule has 0 atom stereocenters. The highest BCUT2D eigenvalue weighted by Gasteiger charge is 2.04. The predicted molar refractivity (Wildman–Crippen MR) is 46.1 cm³/mol. The maximum Gasteiger partial charge on any atom is 0.276 e. The van der Waals surface area contributed by atoms with E-state index in [1.165, 1.54) is 0 Å². The summed E-state index contributed by atoms with van der Waals surface area (Å²) in [5.74, 6) is 0. The van der Waals surface area contributed by atoms with E-state index < -0.39 is 0 Å². The molecule has 2 rings (SSSR count).